The van der Waals surface area contributed by atoms with Gasteiger partial charge in [-0.3, -0.25) is 0 Å². The fourth-order valence-electron chi connectivity index (χ4n) is 4.66. The van der Waals surface area contributed by atoms with Gasteiger partial charge in [-0.2, -0.15) is 5.26 Å². The standard InChI is InChI=1S/C34H38N2O6/c1-4-7-9-19-39-25-13-10-23(11-14-25)34(37)41-26-15-16-27-30(21-26)42-33(36)28(22-35)32(27)24-12-17-29(40-18-8-5-2)31(20-24)38-6-3/h10-17,20-21,32H,4-9,18-19,36H2,1-3H3. The highest BCUT2D eigenvalue weighted by Crippen LogP contribution is 2.45. The second-order valence-corrected chi connectivity index (χ2v) is 9.94. The summed E-state index contributed by atoms with van der Waals surface area (Å²) in [6.07, 6.45) is 5.19. The van der Waals surface area contributed by atoms with E-state index in [4.69, 9.17) is 29.4 Å². The van der Waals surface area contributed by atoms with Gasteiger partial charge in [0.25, 0.3) is 0 Å². The minimum Gasteiger partial charge on any atom is -0.494 e. The third-order valence-electron chi connectivity index (χ3n) is 6.86. The van der Waals surface area contributed by atoms with Crippen LogP contribution in [0, 0.1) is 11.3 Å². The first kappa shape index (κ1) is 30.3. The van der Waals surface area contributed by atoms with Gasteiger partial charge in [-0.15, -0.1) is 0 Å². The highest BCUT2D eigenvalue weighted by Gasteiger charge is 2.32. The van der Waals surface area contributed by atoms with Crippen molar-refractivity contribution in [3.63, 3.8) is 0 Å². The quantitative estimate of drug-likeness (QED) is 0.122. The van der Waals surface area contributed by atoms with Crippen molar-refractivity contribution in [1.82, 2.24) is 0 Å². The molecule has 0 amide bonds. The SMILES string of the molecule is CCCCCOc1ccc(C(=O)Oc2ccc3c(c2)OC(N)=C(C#N)C3c2ccc(OCCCC)c(OCC)c2)cc1. The Morgan fingerprint density at radius 2 is 1.60 bits per heavy atom. The van der Waals surface area contributed by atoms with Crippen LogP contribution in [-0.2, 0) is 0 Å². The molecule has 1 heterocycles. The van der Waals surface area contributed by atoms with Crippen molar-refractivity contribution >= 4 is 5.97 Å². The van der Waals surface area contributed by atoms with Gasteiger partial charge in [-0.25, -0.2) is 4.79 Å². The summed E-state index contributed by atoms with van der Waals surface area (Å²) >= 11 is 0. The molecule has 42 heavy (non-hydrogen) atoms. The number of carbonyl (C=O) groups is 1. The van der Waals surface area contributed by atoms with Crippen LogP contribution in [0.5, 0.6) is 28.7 Å². The third kappa shape index (κ3) is 7.35. The third-order valence-corrected chi connectivity index (χ3v) is 6.86. The number of hydrogen-bond acceptors (Lipinski definition) is 8. The predicted molar refractivity (Wildman–Crippen MR) is 160 cm³/mol. The van der Waals surface area contributed by atoms with Crippen LogP contribution in [-0.4, -0.2) is 25.8 Å². The molecular weight excluding hydrogens is 532 g/mol. The van der Waals surface area contributed by atoms with Crippen LogP contribution in [0.1, 0.15) is 80.3 Å². The van der Waals surface area contributed by atoms with Crippen LogP contribution in [0.3, 0.4) is 0 Å². The number of nitrogens with two attached hydrogens (primary N) is 1. The minimum absolute atomic E-state index is 0.00534. The summed E-state index contributed by atoms with van der Waals surface area (Å²) < 4.78 is 29.0. The molecule has 1 aliphatic rings. The van der Waals surface area contributed by atoms with Crippen molar-refractivity contribution in [3.8, 4) is 34.8 Å². The monoisotopic (exact) mass is 570 g/mol. The maximum atomic E-state index is 12.9. The average molecular weight is 571 g/mol. The van der Waals surface area contributed by atoms with Crippen LogP contribution in [0.15, 0.2) is 72.1 Å². The zero-order valence-corrected chi connectivity index (χ0v) is 24.5. The Bertz CT molecular complexity index is 1440. The summed E-state index contributed by atoms with van der Waals surface area (Å²) in [4.78, 5) is 12.9. The molecule has 0 bridgehead atoms. The number of nitriles is 1. The molecule has 0 fully saturated rings. The summed E-state index contributed by atoms with van der Waals surface area (Å²) in [6.45, 7) is 7.85. The highest BCUT2D eigenvalue weighted by molar-refractivity contribution is 5.91. The molecule has 3 aromatic rings. The molecule has 8 nitrogen and oxygen atoms in total. The number of hydrogen-bond donors (Lipinski definition) is 1. The van der Waals surface area contributed by atoms with Gasteiger partial charge in [0.05, 0.1) is 31.3 Å². The molecule has 0 saturated heterocycles. The maximum absolute atomic E-state index is 12.9. The number of benzene rings is 3. The van der Waals surface area contributed by atoms with E-state index in [1.165, 1.54) is 0 Å². The zero-order valence-electron chi connectivity index (χ0n) is 24.5. The smallest absolute Gasteiger partial charge is 0.343 e. The van der Waals surface area contributed by atoms with Gasteiger partial charge >= 0.3 is 5.97 Å². The van der Waals surface area contributed by atoms with E-state index in [9.17, 15) is 10.1 Å². The number of carbonyl (C=O) groups excluding carboxylic acids is 1. The van der Waals surface area contributed by atoms with Crippen molar-refractivity contribution in [2.75, 3.05) is 19.8 Å². The van der Waals surface area contributed by atoms with E-state index in [1.54, 1.807) is 42.5 Å². The van der Waals surface area contributed by atoms with Crippen LogP contribution < -0.4 is 29.4 Å². The lowest BCUT2D eigenvalue weighted by Gasteiger charge is -2.27. The fraction of sp³-hybridized carbons (Fsp3) is 0.353. The van der Waals surface area contributed by atoms with Crippen LogP contribution in [0.2, 0.25) is 0 Å². The highest BCUT2D eigenvalue weighted by atomic mass is 16.5. The molecule has 1 unspecified atom stereocenters. The molecule has 0 radical (unpaired) electrons. The van der Waals surface area contributed by atoms with Crippen LogP contribution in [0.25, 0.3) is 0 Å². The molecule has 2 N–H and O–H groups in total. The molecule has 4 rings (SSSR count). The van der Waals surface area contributed by atoms with E-state index in [0.717, 1.165) is 37.7 Å². The molecule has 1 atom stereocenters. The number of ether oxygens (including phenoxy) is 5. The lowest BCUT2D eigenvalue weighted by atomic mass is 9.83. The number of rotatable bonds is 14. The minimum atomic E-state index is -0.513. The summed E-state index contributed by atoms with van der Waals surface area (Å²) in [6, 6.07) is 19.8. The lowest BCUT2D eigenvalue weighted by Crippen LogP contribution is -2.21. The first-order chi connectivity index (χ1) is 20.5. The Hall–Kier alpha value is -4.64. The molecular formula is C34H38N2O6. The van der Waals surface area contributed by atoms with E-state index in [0.29, 0.717) is 59.7 Å². The van der Waals surface area contributed by atoms with Crippen molar-refractivity contribution in [2.24, 2.45) is 5.73 Å². The van der Waals surface area contributed by atoms with Crippen molar-refractivity contribution < 1.29 is 28.5 Å². The molecule has 220 valence electrons. The normalized spacial score (nSPS) is 13.9. The second kappa shape index (κ2) is 14.8. The van der Waals surface area contributed by atoms with Crippen molar-refractivity contribution in [1.29, 1.82) is 5.26 Å². The first-order valence-corrected chi connectivity index (χ1v) is 14.5. The van der Waals surface area contributed by atoms with E-state index in [2.05, 4.69) is 19.9 Å². The largest absolute Gasteiger partial charge is 0.494 e. The van der Waals surface area contributed by atoms with Gasteiger partial charge in [0.1, 0.15) is 28.9 Å². The first-order valence-electron chi connectivity index (χ1n) is 14.5. The Morgan fingerprint density at radius 1 is 0.857 bits per heavy atom. The molecule has 0 aromatic heterocycles. The molecule has 0 spiro atoms. The lowest BCUT2D eigenvalue weighted by molar-refractivity contribution is 0.0734. The maximum Gasteiger partial charge on any atom is 0.343 e. The van der Waals surface area contributed by atoms with E-state index >= 15 is 0 Å². The van der Waals surface area contributed by atoms with Gasteiger partial charge in [0.15, 0.2) is 11.5 Å². The van der Waals surface area contributed by atoms with Crippen LogP contribution >= 0.6 is 0 Å². The molecule has 3 aromatic carbocycles. The Kier molecular flexibility index (Phi) is 10.7. The number of allylic oxidation sites excluding steroid dienone is 1. The summed E-state index contributed by atoms with van der Waals surface area (Å²) in [5, 5.41) is 9.98. The molecule has 1 aliphatic heterocycles. The van der Waals surface area contributed by atoms with E-state index < -0.39 is 11.9 Å². The second-order valence-electron chi connectivity index (χ2n) is 9.94. The van der Waals surface area contributed by atoms with E-state index in [-0.39, 0.29) is 11.5 Å². The number of nitrogens with zero attached hydrogens (tertiary/aromatic N) is 1. The molecule has 8 heteroatoms. The molecule has 0 aliphatic carbocycles. The Labute approximate surface area is 247 Å². The van der Waals surface area contributed by atoms with Gasteiger partial charge in [0.2, 0.25) is 5.88 Å². The Balaban J connectivity index is 1.55. The van der Waals surface area contributed by atoms with Crippen molar-refractivity contribution in [3.05, 3.63) is 88.8 Å². The zero-order chi connectivity index (χ0) is 29.9. The fourth-order valence-corrected chi connectivity index (χ4v) is 4.66. The van der Waals surface area contributed by atoms with Crippen molar-refractivity contribution in [2.45, 2.75) is 58.8 Å². The number of fused-ring (bicyclic) bond motifs is 1. The average Bonchev–Trinajstić information content (AvgIpc) is 3.00. The topological polar surface area (TPSA) is 113 Å². The number of esters is 1. The van der Waals surface area contributed by atoms with Gasteiger partial charge in [-0.05, 0) is 67.8 Å². The van der Waals surface area contributed by atoms with Gasteiger partial charge < -0.3 is 29.4 Å². The van der Waals surface area contributed by atoms with Gasteiger partial charge in [0, 0.05) is 11.6 Å². The van der Waals surface area contributed by atoms with Crippen LogP contribution in [0.4, 0.5) is 0 Å². The summed E-state index contributed by atoms with van der Waals surface area (Å²) in [7, 11) is 0. The van der Waals surface area contributed by atoms with Gasteiger partial charge in [-0.1, -0.05) is 45.2 Å². The van der Waals surface area contributed by atoms with E-state index in [1.807, 2.05) is 25.1 Å². The Morgan fingerprint density at radius 3 is 2.31 bits per heavy atom. The summed E-state index contributed by atoms with van der Waals surface area (Å²) in [5.74, 6) is 1.62. The number of unbranched alkanes of at least 4 members (excludes halogenated alkanes) is 3. The predicted octanol–water partition coefficient (Wildman–Crippen LogP) is 7.27. The summed E-state index contributed by atoms with van der Waals surface area (Å²) in [5.41, 5.74) is 8.40. The molecule has 0 saturated carbocycles.